The van der Waals surface area contributed by atoms with Gasteiger partial charge < -0.3 is 5.11 Å². The molecule has 1 unspecified atom stereocenters. The molecule has 2 heterocycles. The summed E-state index contributed by atoms with van der Waals surface area (Å²) >= 11 is 7.01. The van der Waals surface area contributed by atoms with Crippen LogP contribution in [0, 0.1) is 0 Å². The zero-order chi connectivity index (χ0) is 19.8. The average molecular weight is 416 g/mol. The molecule has 9 heteroatoms. The molecule has 0 radical (unpaired) electrons. The van der Waals surface area contributed by atoms with Crippen molar-refractivity contribution in [3.8, 4) is 0 Å². The number of alkyl halides is 3. The van der Waals surface area contributed by atoms with E-state index in [0.29, 0.717) is 5.92 Å². The number of rotatable bonds is 5. The predicted octanol–water partition coefficient (Wildman–Crippen LogP) is 5.35. The molecule has 3 rings (SSSR count). The van der Waals surface area contributed by atoms with Crippen LogP contribution in [0.1, 0.15) is 42.6 Å². The van der Waals surface area contributed by atoms with Gasteiger partial charge in [0.1, 0.15) is 0 Å². The summed E-state index contributed by atoms with van der Waals surface area (Å²) in [5.74, 6) is 0.607. The first kappa shape index (κ1) is 20.0. The van der Waals surface area contributed by atoms with Crippen molar-refractivity contribution in [1.82, 2.24) is 14.6 Å². The van der Waals surface area contributed by atoms with Crippen molar-refractivity contribution in [3.63, 3.8) is 0 Å². The molecule has 0 amide bonds. The molecule has 2 aromatic heterocycles. The molecule has 0 aliphatic rings. The topological polar surface area (TPSA) is 50.4 Å². The number of aromatic nitrogens is 3. The third-order valence-corrected chi connectivity index (χ3v) is 5.41. The smallest absolute Gasteiger partial charge is 0.388 e. The highest BCUT2D eigenvalue weighted by atomic mass is 35.5. The maximum Gasteiger partial charge on any atom is 0.417 e. The number of hydrogen-bond donors (Lipinski definition) is 1. The fraction of sp³-hybridized carbons (Fsp3) is 0.333. The Hall–Kier alpha value is -1.77. The molecule has 3 aromatic rings. The number of aliphatic hydroxyl groups excluding tert-OH is 1. The number of halogens is 4. The van der Waals surface area contributed by atoms with Crippen LogP contribution in [-0.4, -0.2) is 25.5 Å². The van der Waals surface area contributed by atoms with Crippen molar-refractivity contribution >= 4 is 29.0 Å². The van der Waals surface area contributed by atoms with Crippen LogP contribution in [0.5, 0.6) is 0 Å². The second-order valence-electron chi connectivity index (χ2n) is 6.40. The van der Waals surface area contributed by atoms with Crippen molar-refractivity contribution < 1.29 is 18.3 Å². The van der Waals surface area contributed by atoms with Crippen LogP contribution in [-0.2, 0) is 6.18 Å². The molecule has 144 valence electrons. The molecule has 1 aromatic carbocycles. The lowest BCUT2D eigenvalue weighted by atomic mass is 10.0. The van der Waals surface area contributed by atoms with E-state index in [1.54, 1.807) is 0 Å². The summed E-state index contributed by atoms with van der Waals surface area (Å²) in [5.41, 5.74) is 1.15. The van der Waals surface area contributed by atoms with E-state index in [-0.39, 0.29) is 21.6 Å². The average Bonchev–Trinajstić information content (AvgIpc) is 3.02. The van der Waals surface area contributed by atoms with Gasteiger partial charge in [0.15, 0.2) is 10.8 Å². The molecule has 0 spiro atoms. The summed E-state index contributed by atoms with van der Waals surface area (Å²) < 4.78 is 40.2. The van der Waals surface area contributed by atoms with E-state index in [4.69, 9.17) is 11.6 Å². The summed E-state index contributed by atoms with van der Waals surface area (Å²) in [4.78, 5) is 0. The van der Waals surface area contributed by atoms with Crippen molar-refractivity contribution in [2.75, 3.05) is 5.75 Å². The van der Waals surface area contributed by atoms with Crippen LogP contribution in [0.3, 0.4) is 0 Å². The molecule has 0 fully saturated rings. The van der Waals surface area contributed by atoms with Gasteiger partial charge >= 0.3 is 6.18 Å². The fourth-order valence-corrected chi connectivity index (χ4v) is 3.66. The lowest BCUT2D eigenvalue weighted by Crippen LogP contribution is -2.07. The Balaban J connectivity index is 1.79. The molecule has 0 saturated heterocycles. The molecule has 4 nitrogen and oxygen atoms in total. The first-order chi connectivity index (χ1) is 12.7. The van der Waals surface area contributed by atoms with Gasteiger partial charge in [-0.1, -0.05) is 61.5 Å². The monoisotopic (exact) mass is 415 g/mol. The molecule has 27 heavy (non-hydrogen) atoms. The Morgan fingerprint density at radius 3 is 2.37 bits per heavy atom. The van der Waals surface area contributed by atoms with Gasteiger partial charge in [0.25, 0.3) is 0 Å². The van der Waals surface area contributed by atoms with Crippen LogP contribution in [0.2, 0.25) is 5.02 Å². The lowest BCUT2D eigenvalue weighted by molar-refractivity contribution is -0.137. The highest BCUT2D eigenvalue weighted by molar-refractivity contribution is 7.99. The zero-order valence-corrected chi connectivity index (χ0v) is 16.1. The first-order valence-electron chi connectivity index (χ1n) is 8.19. The molecule has 1 atom stereocenters. The number of hydrogen-bond acceptors (Lipinski definition) is 4. The Labute approximate surface area is 163 Å². The normalized spacial score (nSPS) is 13.5. The van der Waals surface area contributed by atoms with Crippen LogP contribution < -0.4 is 0 Å². The maximum atomic E-state index is 13.0. The highest BCUT2D eigenvalue weighted by Gasteiger charge is 2.32. The number of pyridine rings is 1. The van der Waals surface area contributed by atoms with Gasteiger partial charge in [0, 0.05) is 11.9 Å². The highest BCUT2D eigenvalue weighted by Crippen LogP contribution is 2.34. The minimum absolute atomic E-state index is 0.131. The third kappa shape index (κ3) is 4.39. The van der Waals surface area contributed by atoms with Gasteiger partial charge in [-0.05, 0) is 23.1 Å². The Bertz CT molecular complexity index is 941. The second-order valence-corrected chi connectivity index (χ2v) is 7.79. The summed E-state index contributed by atoms with van der Waals surface area (Å²) in [6.45, 7) is 4.16. The Morgan fingerprint density at radius 2 is 1.78 bits per heavy atom. The molecule has 0 aliphatic heterocycles. The lowest BCUT2D eigenvalue weighted by Gasteiger charge is -2.12. The van der Waals surface area contributed by atoms with Crippen LogP contribution in [0.4, 0.5) is 13.2 Å². The van der Waals surface area contributed by atoms with E-state index in [1.165, 1.54) is 4.40 Å². The summed E-state index contributed by atoms with van der Waals surface area (Å²) in [5, 5.41) is 18.2. The second kappa shape index (κ2) is 7.69. The zero-order valence-electron chi connectivity index (χ0n) is 14.5. The minimum atomic E-state index is -4.53. The molecular weight excluding hydrogens is 399 g/mol. The minimum Gasteiger partial charge on any atom is -0.388 e. The standard InChI is InChI=1S/C18H17ClF3N3OS/c1-10(2)11-3-5-12(6-4-11)15(26)9-27-17-24-23-16-14(19)7-13(8-25(16)17)18(20,21)22/h3-8,10,15,26H,9H2,1-2H3. The largest absolute Gasteiger partial charge is 0.417 e. The Morgan fingerprint density at radius 1 is 1.15 bits per heavy atom. The van der Waals surface area contributed by atoms with Crippen LogP contribution in [0.25, 0.3) is 5.65 Å². The van der Waals surface area contributed by atoms with E-state index < -0.39 is 17.8 Å². The maximum absolute atomic E-state index is 13.0. The molecule has 0 bridgehead atoms. The number of nitrogens with zero attached hydrogens (tertiary/aromatic N) is 3. The van der Waals surface area contributed by atoms with E-state index in [9.17, 15) is 18.3 Å². The van der Waals surface area contributed by atoms with E-state index in [0.717, 1.165) is 35.2 Å². The van der Waals surface area contributed by atoms with Crippen LogP contribution in [0.15, 0.2) is 41.7 Å². The van der Waals surface area contributed by atoms with E-state index in [1.807, 2.05) is 24.3 Å². The van der Waals surface area contributed by atoms with Gasteiger partial charge in [0.05, 0.1) is 16.7 Å². The van der Waals surface area contributed by atoms with Crippen molar-refractivity contribution in [3.05, 3.63) is 58.2 Å². The van der Waals surface area contributed by atoms with Gasteiger partial charge in [-0.2, -0.15) is 13.2 Å². The van der Waals surface area contributed by atoms with Crippen molar-refractivity contribution in [2.24, 2.45) is 0 Å². The first-order valence-corrected chi connectivity index (χ1v) is 9.55. The fourth-order valence-electron chi connectivity index (χ4n) is 2.54. The third-order valence-electron chi connectivity index (χ3n) is 4.11. The number of fused-ring (bicyclic) bond motifs is 1. The molecule has 0 saturated carbocycles. The van der Waals surface area contributed by atoms with Crippen molar-refractivity contribution in [1.29, 1.82) is 0 Å². The van der Waals surface area contributed by atoms with Crippen molar-refractivity contribution in [2.45, 2.75) is 37.2 Å². The Kier molecular flexibility index (Phi) is 5.69. The number of thioether (sulfide) groups is 1. The summed E-state index contributed by atoms with van der Waals surface area (Å²) in [6, 6.07) is 8.43. The van der Waals surface area contributed by atoms with Gasteiger partial charge in [-0.3, -0.25) is 4.40 Å². The molecule has 0 aliphatic carbocycles. The number of aliphatic hydroxyl groups is 1. The number of benzene rings is 1. The van der Waals surface area contributed by atoms with Crippen LogP contribution >= 0.6 is 23.4 Å². The van der Waals surface area contributed by atoms with Gasteiger partial charge in [-0.25, -0.2) is 0 Å². The summed E-state index contributed by atoms with van der Waals surface area (Å²) in [6.07, 6.45) is -4.40. The van der Waals surface area contributed by atoms with Gasteiger partial charge in [0.2, 0.25) is 0 Å². The summed E-state index contributed by atoms with van der Waals surface area (Å²) in [7, 11) is 0. The quantitative estimate of drug-likeness (QED) is 0.570. The predicted molar refractivity (Wildman–Crippen MR) is 99.2 cm³/mol. The SMILES string of the molecule is CC(C)c1ccc(C(O)CSc2nnc3c(Cl)cc(C(F)(F)F)cn23)cc1. The van der Waals surface area contributed by atoms with E-state index >= 15 is 0 Å². The molecular formula is C18H17ClF3N3OS. The van der Waals surface area contributed by atoms with E-state index in [2.05, 4.69) is 24.0 Å². The van der Waals surface area contributed by atoms with Gasteiger partial charge in [-0.15, -0.1) is 10.2 Å². The molecule has 1 N–H and O–H groups in total.